The molecule has 1 atom stereocenters. The van der Waals surface area contributed by atoms with E-state index in [9.17, 15) is 14.7 Å². The lowest BCUT2D eigenvalue weighted by atomic mass is 10.1. The zero-order valence-corrected chi connectivity index (χ0v) is 21.0. The number of rotatable bonds is 23. The van der Waals surface area contributed by atoms with Crippen LogP contribution in [0.25, 0.3) is 0 Å². The summed E-state index contributed by atoms with van der Waals surface area (Å²) in [6, 6.07) is 0. The highest BCUT2D eigenvalue weighted by atomic mass is 16.6. The molecule has 5 nitrogen and oxygen atoms in total. The van der Waals surface area contributed by atoms with Gasteiger partial charge in [-0.05, 0) is 38.5 Å². The lowest BCUT2D eigenvalue weighted by Gasteiger charge is -2.15. The van der Waals surface area contributed by atoms with Crippen LogP contribution in [-0.4, -0.2) is 36.4 Å². The second-order valence-electron chi connectivity index (χ2n) is 8.77. The summed E-state index contributed by atoms with van der Waals surface area (Å²) >= 11 is 0. The summed E-state index contributed by atoms with van der Waals surface area (Å²) in [4.78, 5) is 23.5. The van der Waals surface area contributed by atoms with Crippen molar-refractivity contribution in [3.63, 3.8) is 0 Å². The van der Waals surface area contributed by atoms with E-state index in [0.717, 1.165) is 44.9 Å². The second-order valence-corrected chi connectivity index (χ2v) is 8.77. The molecule has 1 N–H and O–H groups in total. The molecule has 0 radical (unpaired) electrons. The molecule has 0 aromatic carbocycles. The van der Waals surface area contributed by atoms with Gasteiger partial charge in [-0.25, -0.2) is 0 Å². The molecule has 0 saturated carbocycles. The largest absolute Gasteiger partial charge is 0.462 e. The van der Waals surface area contributed by atoms with Crippen LogP contribution in [0.4, 0.5) is 0 Å². The normalized spacial score (nSPS) is 12.2. The van der Waals surface area contributed by atoms with Gasteiger partial charge >= 0.3 is 11.9 Å². The van der Waals surface area contributed by atoms with Gasteiger partial charge in [-0.1, -0.05) is 90.2 Å². The monoisotopic (exact) mass is 454 g/mol. The number of esters is 2. The molecule has 0 aliphatic carbocycles. The van der Waals surface area contributed by atoms with Crippen molar-refractivity contribution in [1.29, 1.82) is 0 Å². The number of unbranched alkanes of at least 4 members (excludes halogenated alkanes) is 13. The van der Waals surface area contributed by atoms with Crippen LogP contribution in [0, 0.1) is 0 Å². The Morgan fingerprint density at radius 3 is 1.75 bits per heavy atom. The minimum atomic E-state index is -0.763. The molecule has 0 spiro atoms. The van der Waals surface area contributed by atoms with E-state index in [4.69, 9.17) is 9.47 Å². The topological polar surface area (TPSA) is 72.8 Å². The zero-order valence-electron chi connectivity index (χ0n) is 21.0. The Bertz CT molecular complexity index is 461. The van der Waals surface area contributed by atoms with Crippen LogP contribution < -0.4 is 0 Å². The van der Waals surface area contributed by atoms with E-state index in [1.54, 1.807) is 0 Å². The first kappa shape index (κ1) is 30.6. The fourth-order valence-electron chi connectivity index (χ4n) is 3.49. The van der Waals surface area contributed by atoms with Crippen molar-refractivity contribution in [1.82, 2.24) is 0 Å². The van der Waals surface area contributed by atoms with Gasteiger partial charge in [0.05, 0.1) is 6.61 Å². The van der Waals surface area contributed by atoms with Gasteiger partial charge in [-0.2, -0.15) is 0 Å². The van der Waals surface area contributed by atoms with Crippen molar-refractivity contribution in [3.05, 3.63) is 12.2 Å². The minimum absolute atomic E-state index is 0.0699. The second kappa shape index (κ2) is 24.3. The Balaban J connectivity index is 3.55. The summed E-state index contributed by atoms with van der Waals surface area (Å²) in [6.07, 6.45) is 23.2. The number of carbonyl (C=O) groups excluding carboxylic acids is 2. The van der Waals surface area contributed by atoms with E-state index < -0.39 is 6.10 Å². The fraction of sp³-hybridized carbons (Fsp3) is 0.852. The van der Waals surface area contributed by atoms with Crippen molar-refractivity contribution in [3.8, 4) is 0 Å². The van der Waals surface area contributed by atoms with E-state index in [1.165, 1.54) is 57.8 Å². The standard InChI is InChI=1S/C27H50O5/c1-3-5-7-8-9-10-11-12-13-14-15-16-17-18-20-22-27(30)32-25(23-28)24-31-26(29)21-19-6-4-2/h12-13,25,28H,3-11,14-24H2,1-2H3/b13-12+/t25-/m0/s1. The fourth-order valence-corrected chi connectivity index (χ4v) is 3.49. The van der Waals surface area contributed by atoms with Gasteiger partial charge in [0.15, 0.2) is 6.10 Å². The molecule has 0 amide bonds. The highest BCUT2D eigenvalue weighted by molar-refractivity contribution is 5.70. The molecule has 0 unspecified atom stereocenters. The van der Waals surface area contributed by atoms with Crippen LogP contribution in [0.5, 0.6) is 0 Å². The number of carbonyl (C=O) groups is 2. The number of aliphatic hydroxyl groups is 1. The maximum atomic E-state index is 11.9. The van der Waals surface area contributed by atoms with Crippen LogP contribution in [0.15, 0.2) is 12.2 Å². The predicted molar refractivity (Wildman–Crippen MR) is 132 cm³/mol. The smallest absolute Gasteiger partial charge is 0.306 e. The lowest BCUT2D eigenvalue weighted by molar-refractivity contribution is -0.161. The first-order valence-corrected chi connectivity index (χ1v) is 13.2. The molecular formula is C27H50O5. The highest BCUT2D eigenvalue weighted by Crippen LogP contribution is 2.11. The summed E-state index contributed by atoms with van der Waals surface area (Å²) in [7, 11) is 0. The molecule has 0 aliphatic rings. The van der Waals surface area contributed by atoms with Crippen LogP contribution in [-0.2, 0) is 19.1 Å². The van der Waals surface area contributed by atoms with E-state index >= 15 is 0 Å². The van der Waals surface area contributed by atoms with Gasteiger partial charge in [0.1, 0.15) is 6.61 Å². The number of aliphatic hydroxyl groups excluding tert-OH is 1. The number of allylic oxidation sites excluding steroid dienone is 2. The van der Waals surface area contributed by atoms with E-state index in [2.05, 4.69) is 26.0 Å². The quantitative estimate of drug-likeness (QED) is 0.102. The average molecular weight is 455 g/mol. The van der Waals surface area contributed by atoms with Gasteiger partial charge < -0.3 is 14.6 Å². The van der Waals surface area contributed by atoms with Crippen LogP contribution in [0.1, 0.15) is 129 Å². The van der Waals surface area contributed by atoms with E-state index in [1.807, 2.05) is 0 Å². The summed E-state index contributed by atoms with van der Waals surface area (Å²) in [5.41, 5.74) is 0. The number of ether oxygens (including phenoxy) is 2. The third kappa shape index (κ3) is 21.9. The molecule has 5 heteroatoms. The Hall–Kier alpha value is -1.36. The van der Waals surface area contributed by atoms with Crippen LogP contribution >= 0.6 is 0 Å². The molecule has 0 heterocycles. The van der Waals surface area contributed by atoms with Gasteiger partial charge in [-0.15, -0.1) is 0 Å². The van der Waals surface area contributed by atoms with Crippen molar-refractivity contribution >= 4 is 11.9 Å². The first-order valence-electron chi connectivity index (χ1n) is 13.2. The predicted octanol–water partition coefficient (Wildman–Crippen LogP) is 7.05. The summed E-state index contributed by atoms with van der Waals surface area (Å²) in [5.74, 6) is -0.631. The van der Waals surface area contributed by atoms with Gasteiger partial charge in [-0.3, -0.25) is 9.59 Å². The summed E-state index contributed by atoms with van der Waals surface area (Å²) in [5, 5.41) is 9.33. The third-order valence-corrected chi connectivity index (χ3v) is 5.56. The van der Waals surface area contributed by atoms with E-state index in [-0.39, 0.29) is 25.2 Å². The highest BCUT2D eigenvalue weighted by Gasteiger charge is 2.15. The Kier molecular flexibility index (Phi) is 23.3. The Labute approximate surface area is 197 Å². The Morgan fingerprint density at radius 2 is 1.16 bits per heavy atom. The van der Waals surface area contributed by atoms with Gasteiger partial charge in [0.25, 0.3) is 0 Å². The zero-order chi connectivity index (χ0) is 23.7. The molecule has 0 aromatic heterocycles. The van der Waals surface area contributed by atoms with Crippen molar-refractivity contribution in [2.24, 2.45) is 0 Å². The van der Waals surface area contributed by atoms with Crippen molar-refractivity contribution < 1.29 is 24.2 Å². The van der Waals surface area contributed by atoms with Gasteiger partial charge in [0.2, 0.25) is 0 Å². The maximum Gasteiger partial charge on any atom is 0.306 e. The molecule has 32 heavy (non-hydrogen) atoms. The summed E-state index contributed by atoms with van der Waals surface area (Å²) in [6.45, 7) is 3.92. The summed E-state index contributed by atoms with van der Waals surface area (Å²) < 4.78 is 10.3. The molecule has 0 aliphatic heterocycles. The molecule has 0 rings (SSSR count). The minimum Gasteiger partial charge on any atom is -0.462 e. The Morgan fingerprint density at radius 1 is 0.688 bits per heavy atom. The molecule has 0 fully saturated rings. The SMILES string of the molecule is CCCCCCCC/C=C/CCCCCCCC(=O)O[C@@H](CO)COC(=O)CCCCC. The number of hydrogen-bond donors (Lipinski definition) is 1. The van der Waals surface area contributed by atoms with Crippen LogP contribution in [0.3, 0.4) is 0 Å². The van der Waals surface area contributed by atoms with E-state index in [0.29, 0.717) is 12.8 Å². The molecule has 0 saturated heterocycles. The molecule has 0 bridgehead atoms. The molecular weight excluding hydrogens is 404 g/mol. The average Bonchev–Trinajstić information content (AvgIpc) is 2.79. The van der Waals surface area contributed by atoms with Crippen molar-refractivity contribution in [2.75, 3.05) is 13.2 Å². The molecule has 188 valence electrons. The van der Waals surface area contributed by atoms with Crippen molar-refractivity contribution in [2.45, 2.75) is 136 Å². The number of hydrogen-bond acceptors (Lipinski definition) is 5. The van der Waals surface area contributed by atoms with Crippen LogP contribution in [0.2, 0.25) is 0 Å². The maximum absolute atomic E-state index is 11.9. The van der Waals surface area contributed by atoms with Gasteiger partial charge in [0, 0.05) is 12.8 Å². The first-order chi connectivity index (χ1) is 15.6. The lowest BCUT2D eigenvalue weighted by Crippen LogP contribution is -2.28. The third-order valence-electron chi connectivity index (χ3n) is 5.56. The molecule has 0 aromatic rings.